The van der Waals surface area contributed by atoms with E-state index in [-0.39, 0.29) is 0 Å². The molecule has 0 fully saturated rings. The van der Waals surface area contributed by atoms with Crippen LogP contribution in [-0.4, -0.2) is 18.2 Å². The summed E-state index contributed by atoms with van der Waals surface area (Å²) in [6.45, 7) is 6.88. The molecule has 1 N–H and O–H groups in total. The van der Waals surface area contributed by atoms with Gasteiger partial charge in [-0.25, -0.2) is 9.78 Å². The number of thiazole rings is 1. The number of nitrogens with one attached hydrogen (secondary N) is 1. The van der Waals surface area contributed by atoms with Gasteiger partial charge in [-0.1, -0.05) is 62.9 Å². The predicted molar refractivity (Wildman–Crippen MR) is 110 cm³/mol. The molecule has 138 valence electrons. The van der Waals surface area contributed by atoms with Crippen LogP contribution in [0, 0.1) is 5.92 Å². The van der Waals surface area contributed by atoms with Crippen molar-refractivity contribution in [3.05, 3.63) is 52.9 Å². The number of fused-ring (bicyclic) bond motifs is 1. The molecule has 6 heteroatoms. The Bertz CT molecular complexity index is 844. The molecule has 0 spiro atoms. The van der Waals surface area contributed by atoms with E-state index >= 15 is 0 Å². The summed E-state index contributed by atoms with van der Waals surface area (Å²) in [6.07, 6.45) is -0.445. The minimum absolute atomic E-state index is 0.385. The average molecular weight is 389 g/mol. The third-order valence-electron chi connectivity index (χ3n) is 3.04. The van der Waals surface area contributed by atoms with Crippen LogP contribution in [0.3, 0.4) is 0 Å². The highest BCUT2D eigenvalue weighted by molar-refractivity contribution is 7.99. The number of ether oxygens (including phenoxy) is 1. The number of carbonyl (C=O) groups excluding carboxylic acids is 1. The summed E-state index contributed by atoms with van der Waals surface area (Å²) in [6, 6.07) is 14.6. The maximum Gasteiger partial charge on any atom is 0.407 e. The van der Waals surface area contributed by atoms with Gasteiger partial charge in [0.1, 0.15) is 10.0 Å². The van der Waals surface area contributed by atoms with Gasteiger partial charge in [-0.3, -0.25) is 0 Å². The molecule has 0 aliphatic rings. The number of benzene rings is 2. The molecule has 1 heterocycles. The van der Waals surface area contributed by atoms with Crippen LogP contribution < -0.4 is 5.32 Å². The zero-order valence-electron chi connectivity index (χ0n) is 15.5. The number of hydrogen-bond acceptors (Lipinski definition) is 5. The lowest BCUT2D eigenvalue weighted by molar-refractivity contribution is 0.170. The van der Waals surface area contributed by atoms with E-state index in [1.807, 2.05) is 17.5 Å². The minimum Gasteiger partial charge on any atom is -0.453 e. The van der Waals surface area contributed by atoms with Gasteiger partial charge < -0.3 is 10.1 Å². The Morgan fingerprint density at radius 1 is 1.19 bits per heavy atom. The summed E-state index contributed by atoms with van der Waals surface area (Å²) in [5.41, 5.74) is 0. The molecule has 2 aromatic carbocycles. The average Bonchev–Trinajstić information content (AvgIpc) is 3.06. The quantitative estimate of drug-likeness (QED) is 0.598. The number of nitrogens with zero attached hydrogens (tertiary/aromatic N) is 1. The smallest absolute Gasteiger partial charge is 0.407 e. The SMILES string of the molecule is CC(C)C.COC(=O)NCc1nc(Sc2ccc3ccccc3c2)cs1. The van der Waals surface area contributed by atoms with E-state index in [1.54, 1.807) is 11.8 Å². The van der Waals surface area contributed by atoms with Crippen molar-refractivity contribution >= 4 is 40.0 Å². The fourth-order valence-corrected chi connectivity index (χ4v) is 3.70. The molecule has 0 saturated carbocycles. The van der Waals surface area contributed by atoms with Crippen LogP contribution in [-0.2, 0) is 11.3 Å². The molecule has 0 saturated heterocycles. The Labute approximate surface area is 163 Å². The topological polar surface area (TPSA) is 51.2 Å². The highest BCUT2D eigenvalue weighted by Crippen LogP contribution is 2.30. The molecule has 0 unspecified atom stereocenters. The largest absolute Gasteiger partial charge is 0.453 e. The highest BCUT2D eigenvalue weighted by Gasteiger charge is 2.06. The van der Waals surface area contributed by atoms with Crippen molar-refractivity contribution in [2.75, 3.05) is 7.11 Å². The predicted octanol–water partition coefficient (Wildman–Crippen LogP) is 5.97. The van der Waals surface area contributed by atoms with E-state index in [2.05, 4.69) is 66.1 Å². The van der Waals surface area contributed by atoms with Crippen molar-refractivity contribution in [3.8, 4) is 0 Å². The Morgan fingerprint density at radius 3 is 2.58 bits per heavy atom. The van der Waals surface area contributed by atoms with E-state index < -0.39 is 6.09 Å². The second-order valence-electron chi connectivity index (χ2n) is 6.27. The van der Waals surface area contributed by atoms with Crippen LogP contribution in [0.5, 0.6) is 0 Å². The Hall–Kier alpha value is -2.05. The van der Waals surface area contributed by atoms with Crippen LogP contribution in [0.1, 0.15) is 25.8 Å². The molecule has 3 aromatic rings. The van der Waals surface area contributed by atoms with Crippen LogP contribution in [0.4, 0.5) is 4.79 Å². The van der Waals surface area contributed by atoms with Gasteiger partial charge in [0.05, 0.1) is 13.7 Å². The Kier molecular flexibility index (Phi) is 7.94. The summed E-state index contributed by atoms with van der Waals surface area (Å²) in [4.78, 5) is 16.7. The molecule has 26 heavy (non-hydrogen) atoms. The summed E-state index contributed by atoms with van der Waals surface area (Å²) < 4.78 is 4.54. The van der Waals surface area contributed by atoms with Gasteiger partial charge in [0.15, 0.2) is 0 Å². The van der Waals surface area contributed by atoms with Crippen LogP contribution in [0.25, 0.3) is 10.8 Å². The number of hydrogen-bond donors (Lipinski definition) is 1. The first-order valence-corrected chi connectivity index (χ1v) is 10.1. The standard InChI is InChI=1S/C16H14N2O2S2.C4H10/c1-20-16(19)17-9-14-18-15(10-21-14)22-13-7-6-11-4-2-3-5-12(11)8-13;1-4(2)3/h2-8,10H,9H2,1H3,(H,17,19);4H,1-3H3. The van der Waals surface area contributed by atoms with E-state index in [4.69, 9.17) is 0 Å². The third-order valence-corrected chi connectivity index (χ3v) is 4.95. The van der Waals surface area contributed by atoms with Gasteiger partial charge in [0, 0.05) is 10.3 Å². The highest BCUT2D eigenvalue weighted by atomic mass is 32.2. The van der Waals surface area contributed by atoms with E-state index in [0.717, 1.165) is 20.8 Å². The molecule has 0 aliphatic heterocycles. The van der Waals surface area contributed by atoms with Gasteiger partial charge in [0.2, 0.25) is 0 Å². The maximum atomic E-state index is 11.0. The Morgan fingerprint density at radius 2 is 1.88 bits per heavy atom. The lowest BCUT2D eigenvalue weighted by Crippen LogP contribution is -2.22. The molecule has 1 aromatic heterocycles. The molecule has 1 amide bonds. The number of amides is 1. The fraction of sp³-hybridized carbons (Fsp3) is 0.300. The lowest BCUT2D eigenvalue weighted by atomic mass is 10.1. The summed E-state index contributed by atoms with van der Waals surface area (Å²) in [7, 11) is 1.35. The first kappa shape index (κ1) is 20.3. The summed E-state index contributed by atoms with van der Waals surface area (Å²) in [5.74, 6) is 0.833. The zero-order chi connectivity index (χ0) is 18.9. The van der Waals surface area contributed by atoms with Crippen molar-refractivity contribution < 1.29 is 9.53 Å². The maximum absolute atomic E-state index is 11.0. The third kappa shape index (κ3) is 6.69. The second-order valence-corrected chi connectivity index (χ2v) is 8.30. The number of methoxy groups -OCH3 is 1. The van der Waals surface area contributed by atoms with Crippen molar-refractivity contribution in [2.45, 2.75) is 37.2 Å². The van der Waals surface area contributed by atoms with Crippen LogP contribution in [0.2, 0.25) is 0 Å². The Balaban J connectivity index is 0.000000552. The fourth-order valence-electron chi connectivity index (χ4n) is 1.99. The van der Waals surface area contributed by atoms with Gasteiger partial charge in [-0.05, 0) is 28.8 Å². The molecule has 0 radical (unpaired) electrons. The molecule has 3 rings (SSSR count). The lowest BCUT2D eigenvalue weighted by Gasteiger charge is -2.02. The number of alkyl carbamates (subject to hydrolysis) is 1. The van der Waals surface area contributed by atoms with Crippen molar-refractivity contribution in [3.63, 3.8) is 0 Å². The van der Waals surface area contributed by atoms with Gasteiger partial charge in [-0.2, -0.15) is 0 Å². The van der Waals surface area contributed by atoms with Crippen LogP contribution in [0.15, 0.2) is 57.8 Å². The van der Waals surface area contributed by atoms with Gasteiger partial charge in [0.25, 0.3) is 0 Å². The molecule has 0 atom stereocenters. The first-order chi connectivity index (χ1) is 12.5. The van der Waals surface area contributed by atoms with Gasteiger partial charge >= 0.3 is 6.09 Å². The molecular weight excluding hydrogens is 364 g/mol. The molecule has 4 nitrogen and oxygen atoms in total. The van der Waals surface area contributed by atoms with Crippen molar-refractivity contribution in [1.29, 1.82) is 0 Å². The molecular formula is C20H24N2O2S2. The first-order valence-electron chi connectivity index (χ1n) is 8.41. The monoisotopic (exact) mass is 388 g/mol. The van der Waals surface area contributed by atoms with E-state index in [9.17, 15) is 4.79 Å². The number of aromatic nitrogens is 1. The van der Waals surface area contributed by atoms with Gasteiger partial charge in [-0.15, -0.1) is 11.3 Å². The van der Waals surface area contributed by atoms with E-state index in [0.29, 0.717) is 6.54 Å². The van der Waals surface area contributed by atoms with Crippen LogP contribution >= 0.6 is 23.1 Å². The summed E-state index contributed by atoms with van der Waals surface area (Å²) in [5, 5.41) is 8.86. The van der Waals surface area contributed by atoms with Crippen molar-refractivity contribution in [2.24, 2.45) is 5.92 Å². The second kappa shape index (κ2) is 10.2. The van der Waals surface area contributed by atoms with Crippen molar-refractivity contribution in [1.82, 2.24) is 10.3 Å². The molecule has 0 bridgehead atoms. The number of carbonyl (C=O) groups is 1. The molecule has 0 aliphatic carbocycles. The normalized spacial score (nSPS) is 10.3. The zero-order valence-corrected chi connectivity index (χ0v) is 17.1. The summed E-state index contributed by atoms with van der Waals surface area (Å²) >= 11 is 3.14. The van der Waals surface area contributed by atoms with E-state index in [1.165, 1.54) is 29.2 Å². The minimum atomic E-state index is -0.445. The number of rotatable bonds is 4.